The van der Waals surface area contributed by atoms with Crippen LogP contribution < -0.4 is 4.74 Å². The third-order valence-corrected chi connectivity index (χ3v) is 3.97. The van der Waals surface area contributed by atoms with Crippen LogP contribution in [0.4, 0.5) is 0 Å². The van der Waals surface area contributed by atoms with E-state index in [0.29, 0.717) is 11.3 Å². The first kappa shape index (κ1) is 12.7. The Morgan fingerprint density at radius 1 is 1.59 bits per heavy atom. The van der Waals surface area contributed by atoms with E-state index in [1.54, 1.807) is 13.3 Å². The number of nitrogens with zero attached hydrogens (tertiary/aromatic N) is 2. The fourth-order valence-electron chi connectivity index (χ4n) is 2.32. The zero-order chi connectivity index (χ0) is 12.3. The van der Waals surface area contributed by atoms with Crippen LogP contribution in [0.3, 0.4) is 0 Å². The summed E-state index contributed by atoms with van der Waals surface area (Å²) < 4.78 is 5.27. The molecule has 1 aromatic heterocycles. The third kappa shape index (κ3) is 3.11. The van der Waals surface area contributed by atoms with Crippen LogP contribution in [0.25, 0.3) is 0 Å². The number of hydrogen-bond donors (Lipinski definition) is 0. The Kier molecular flexibility index (Phi) is 4.24. The van der Waals surface area contributed by atoms with Crippen LogP contribution in [0.5, 0.6) is 5.88 Å². The van der Waals surface area contributed by atoms with Crippen LogP contribution in [0.1, 0.15) is 18.9 Å². The minimum atomic E-state index is 0.321. The number of rotatable bonds is 3. The first-order valence-electron chi connectivity index (χ1n) is 6.05. The van der Waals surface area contributed by atoms with Crippen molar-refractivity contribution in [2.45, 2.75) is 25.3 Å². The summed E-state index contributed by atoms with van der Waals surface area (Å²) in [6.07, 6.45) is 2.82. The molecule has 0 bridgehead atoms. The molecular formula is C13H19ClN2O. The van der Waals surface area contributed by atoms with Gasteiger partial charge < -0.3 is 4.74 Å². The van der Waals surface area contributed by atoms with Gasteiger partial charge in [-0.15, -0.1) is 11.6 Å². The molecule has 0 aliphatic carbocycles. The van der Waals surface area contributed by atoms with E-state index in [9.17, 15) is 0 Å². The van der Waals surface area contributed by atoms with Crippen molar-refractivity contribution in [2.24, 2.45) is 5.92 Å². The molecule has 4 heteroatoms. The Hall–Kier alpha value is -0.800. The van der Waals surface area contributed by atoms with Crippen LogP contribution in [0.2, 0.25) is 0 Å². The van der Waals surface area contributed by atoms with Gasteiger partial charge in [-0.3, -0.25) is 4.90 Å². The largest absolute Gasteiger partial charge is 0.481 e. The number of methoxy groups -OCH3 is 1. The van der Waals surface area contributed by atoms with E-state index in [4.69, 9.17) is 16.3 Å². The van der Waals surface area contributed by atoms with Crippen molar-refractivity contribution in [3.8, 4) is 5.88 Å². The number of ether oxygens (including phenoxy) is 1. The SMILES string of the molecule is COc1ncccc1CN1CCC(Cl)C(C)C1. The number of likely N-dealkylation sites (tertiary alicyclic amines) is 1. The highest BCUT2D eigenvalue weighted by Crippen LogP contribution is 2.24. The average Bonchev–Trinajstić information content (AvgIpc) is 2.34. The van der Waals surface area contributed by atoms with Crippen LogP contribution >= 0.6 is 11.6 Å². The van der Waals surface area contributed by atoms with Gasteiger partial charge in [0.25, 0.3) is 0 Å². The van der Waals surface area contributed by atoms with Crippen molar-refractivity contribution in [3.63, 3.8) is 0 Å². The lowest BCUT2D eigenvalue weighted by atomic mass is 9.99. The van der Waals surface area contributed by atoms with Crippen molar-refractivity contribution in [2.75, 3.05) is 20.2 Å². The van der Waals surface area contributed by atoms with Gasteiger partial charge in [-0.25, -0.2) is 4.98 Å². The molecule has 2 unspecified atom stereocenters. The maximum atomic E-state index is 6.23. The highest BCUT2D eigenvalue weighted by Gasteiger charge is 2.24. The molecule has 0 radical (unpaired) electrons. The maximum absolute atomic E-state index is 6.23. The Balaban J connectivity index is 2.01. The Bertz CT molecular complexity index is 372. The summed E-state index contributed by atoms with van der Waals surface area (Å²) in [5, 5.41) is 0.321. The molecule has 94 valence electrons. The molecule has 1 fully saturated rings. The molecule has 0 aromatic carbocycles. The van der Waals surface area contributed by atoms with Crippen LogP contribution in [-0.2, 0) is 6.54 Å². The molecule has 1 aromatic rings. The lowest BCUT2D eigenvalue weighted by Gasteiger charge is -2.34. The van der Waals surface area contributed by atoms with E-state index < -0.39 is 0 Å². The van der Waals surface area contributed by atoms with Crippen LogP contribution in [0, 0.1) is 5.92 Å². The summed E-state index contributed by atoms with van der Waals surface area (Å²) in [4.78, 5) is 6.64. The number of pyridine rings is 1. The van der Waals surface area contributed by atoms with E-state index in [1.807, 2.05) is 6.07 Å². The first-order valence-corrected chi connectivity index (χ1v) is 6.48. The van der Waals surface area contributed by atoms with Crippen molar-refractivity contribution < 1.29 is 4.74 Å². The second-order valence-electron chi connectivity index (χ2n) is 4.69. The highest BCUT2D eigenvalue weighted by molar-refractivity contribution is 6.20. The van der Waals surface area contributed by atoms with Crippen molar-refractivity contribution in [3.05, 3.63) is 23.9 Å². The van der Waals surface area contributed by atoms with E-state index in [2.05, 4.69) is 22.9 Å². The summed E-state index contributed by atoms with van der Waals surface area (Å²) >= 11 is 6.23. The molecular weight excluding hydrogens is 236 g/mol. The summed E-state index contributed by atoms with van der Waals surface area (Å²) in [6.45, 7) is 5.21. The lowest BCUT2D eigenvalue weighted by Crippen LogP contribution is -2.39. The van der Waals surface area contributed by atoms with Gasteiger partial charge in [0.15, 0.2) is 0 Å². The van der Waals surface area contributed by atoms with Gasteiger partial charge in [-0.2, -0.15) is 0 Å². The van der Waals surface area contributed by atoms with Crippen molar-refractivity contribution in [1.29, 1.82) is 0 Å². The second kappa shape index (κ2) is 5.69. The Labute approximate surface area is 108 Å². The molecule has 3 nitrogen and oxygen atoms in total. The molecule has 2 atom stereocenters. The van der Waals surface area contributed by atoms with Gasteiger partial charge in [0.2, 0.25) is 5.88 Å². The van der Waals surface area contributed by atoms with Gasteiger partial charge in [-0.1, -0.05) is 13.0 Å². The van der Waals surface area contributed by atoms with E-state index in [0.717, 1.165) is 37.5 Å². The molecule has 2 heterocycles. The van der Waals surface area contributed by atoms with Crippen molar-refractivity contribution in [1.82, 2.24) is 9.88 Å². The molecule has 1 aliphatic rings. The smallest absolute Gasteiger partial charge is 0.217 e. The first-order chi connectivity index (χ1) is 8.20. The number of aromatic nitrogens is 1. The minimum Gasteiger partial charge on any atom is -0.481 e. The second-order valence-corrected chi connectivity index (χ2v) is 5.25. The Morgan fingerprint density at radius 3 is 3.12 bits per heavy atom. The quantitative estimate of drug-likeness (QED) is 0.776. The molecule has 2 rings (SSSR count). The van der Waals surface area contributed by atoms with Crippen molar-refractivity contribution >= 4 is 11.6 Å². The Morgan fingerprint density at radius 2 is 2.41 bits per heavy atom. The molecule has 0 N–H and O–H groups in total. The predicted octanol–water partition coefficient (Wildman–Crippen LogP) is 2.54. The maximum Gasteiger partial charge on any atom is 0.217 e. The standard InChI is InChI=1S/C13H19ClN2O/c1-10-8-16(7-5-12(10)14)9-11-4-3-6-15-13(11)17-2/h3-4,6,10,12H,5,7-9H2,1-2H3. The zero-order valence-corrected chi connectivity index (χ0v) is 11.2. The molecule has 1 aliphatic heterocycles. The molecule has 1 saturated heterocycles. The van der Waals surface area contributed by atoms with E-state index >= 15 is 0 Å². The van der Waals surface area contributed by atoms with Gasteiger partial charge in [0.1, 0.15) is 0 Å². The monoisotopic (exact) mass is 254 g/mol. The molecule has 0 spiro atoms. The van der Waals surface area contributed by atoms with Gasteiger partial charge in [0, 0.05) is 30.2 Å². The summed E-state index contributed by atoms with van der Waals surface area (Å²) in [5.41, 5.74) is 1.15. The van der Waals surface area contributed by atoms with Crippen LogP contribution in [-0.4, -0.2) is 35.5 Å². The van der Waals surface area contributed by atoms with E-state index in [-0.39, 0.29) is 0 Å². The molecule has 0 saturated carbocycles. The number of hydrogen-bond acceptors (Lipinski definition) is 3. The summed E-state index contributed by atoms with van der Waals surface area (Å²) in [6, 6.07) is 4.03. The fraction of sp³-hybridized carbons (Fsp3) is 0.615. The molecule has 17 heavy (non-hydrogen) atoms. The zero-order valence-electron chi connectivity index (χ0n) is 10.4. The highest BCUT2D eigenvalue weighted by atomic mass is 35.5. The molecule has 0 amide bonds. The number of alkyl halides is 1. The van der Waals surface area contributed by atoms with Gasteiger partial charge in [-0.05, 0) is 24.9 Å². The minimum absolute atomic E-state index is 0.321. The normalized spacial score (nSPS) is 25.8. The third-order valence-electron chi connectivity index (χ3n) is 3.32. The van der Waals surface area contributed by atoms with Gasteiger partial charge >= 0.3 is 0 Å². The number of piperidine rings is 1. The van der Waals surface area contributed by atoms with Gasteiger partial charge in [0.05, 0.1) is 7.11 Å². The predicted molar refractivity (Wildman–Crippen MR) is 69.5 cm³/mol. The summed E-state index contributed by atoms with van der Waals surface area (Å²) in [5.74, 6) is 1.28. The van der Waals surface area contributed by atoms with E-state index in [1.165, 1.54) is 0 Å². The topological polar surface area (TPSA) is 25.4 Å². The fourth-order valence-corrected chi connectivity index (χ4v) is 2.49. The lowest BCUT2D eigenvalue weighted by molar-refractivity contribution is 0.177. The number of halogens is 1. The van der Waals surface area contributed by atoms with Crippen LogP contribution in [0.15, 0.2) is 18.3 Å². The average molecular weight is 255 g/mol. The summed E-state index contributed by atoms with van der Waals surface area (Å²) in [7, 11) is 1.67.